The third-order valence-electron chi connectivity index (χ3n) is 8.45. The third kappa shape index (κ3) is 6.36. The van der Waals surface area contributed by atoms with Gasteiger partial charge in [0.05, 0.1) is 37.1 Å². The maximum absolute atomic E-state index is 13.2. The van der Waals surface area contributed by atoms with Crippen molar-refractivity contribution in [2.24, 2.45) is 7.05 Å². The molecular formula is C34H39N7O3. The van der Waals surface area contributed by atoms with E-state index < -0.39 is 0 Å². The molecule has 1 saturated carbocycles. The Morgan fingerprint density at radius 1 is 1.02 bits per heavy atom. The van der Waals surface area contributed by atoms with Gasteiger partial charge in [-0.05, 0) is 80.2 Å². The van der Waals surface area contributed by atoms with E-state index in [9.17, 15) is 9.59 Å². The van der Waals surface area contributed by atoms with Crippen molar-refractivity contribution in [1.82, 2.24) is 25.0 Å². The van der Waals surface area contributed by atoms with E-state index in [1.54, 1.807) is 23.1 Å². The lowest BCUT2D eigenvalue weighted by Crippen LogP contribution is -2.41. The first-order chi connectivity index (χ1) is 21.2. The lowest BCUT2D eigenvalue weighted by molar-refractivity contribution is -0.119. The van der Waals surface area contributed by atoms with E-state index in [0.717, 1.165) is 65.7 Å². The highest BCUT2D eigenvalue weighted by molar-refractivity contribution is 5.99. The smallest absolute Gasteiger partial charge is 0.255 e. The maximum atomic E-state index is 13.2. The molecule has 2 aliphatic rings. The molecular weight excluding hydrogens is 554 g/mol. The number of pyridine rings is 1. The van der Waals surface area contributed by atoms with Gasteiger partial charge in [0.15, 0.2) is 0 Å². The first kappa shape index (κ1) is 29.5. The van der Waals surface area contributed by atoms with Gasteiger partial charge >= 0.3 is 0 Å². The molecule has 0 bridgehead atoms. The molecule has 2 atom stereocenters. The second kappa shape index (κ2) is 12.6. The molecule has 2 aromatic carbocycles. The molecule has 0 radical (unpaired) electrons. The van der Waals surface area contributed by atoms with Crippen LogP contribution in [0.25, 0.3) is 22.3 Å². The molecule has 228 valence electrons. The van der Waals surface area contributed by atoms with Crippen LogP contribution in [0.5, 0.6) is 0 Å². The second-order valence-electron chi connectivity index (χ2n) is 12.0. The van der Waals surface area contributed by atoms with Gasteiger partial charge in [-0.3, -0.25) is 14.3 Å². The highest BCUT2D eigenvalue weighted by atomic mass is 16.5. The summed E-state index contributed by atoms with van der Waals surface area (Å²) in [6.45, 7) is 1.60. The van der Waals surface area contributed by atoms with Crippen LogP contribution < -0.4 is 16.0 Å². The Hall–Kier alpha value is -4.54. The number of hydrogen-bond acceptors (Lipinski definition) is 7. The van der Waals surface area contributed by atoms with Crippen LogP contribution in [0.15, 0.2) is 67.1 Å². The minimum Gasteiger partial charge on any atom is -0.383 e. The Balaban J connectivity index is 1.06. The first-order valence-corrected chi connectivity index (χ1v) is 15.1. The minimum absolute atomic E-state index is 0.0795. The van der Waals surface area contributed by atoms with Crippen LogP contribution in [0.1, 0.15) is 40.7 Å². The minimum atomic E-state index is -0.245. The third-order valence-corrected chi connectivity index (χ3v) is 8.45. The predicted octanol–water partition coefficient (Wildman–Crippen LogP) is 4.05. The molecule has 10 nitrogen and oxygen atoms in total. The van der Waals surface area contributed by atoms with Gasteiger partial charge in [-0.1, -0.05) is 30.3 Å². The van der Waals surface area contributed by atoms with Gasteiger partial charge in [-0.25, -0.2) is 4.98 Å². The molecule has 10 heteroatoms. The van der Waals surface area contributed by atoms with E-state index in [1.807, 2.05) is 37.1 Å². The molecule has 2 amide bonds. The monoisotopic (exact) mass is 593 g/mol. The number of likely N-dealkylation sites (N-methyl/N-ethyl adjacent to an activating group) is 1. The largest absolute Gasteiger partial charge is 0.383 e. The number of amides is 2. The summed E-state index contributed by atoms with van der Waals surface area (Å²) in [5.41, 5.74) is 13.7. The van der Waals surface area contributed by atoms with Gasteiger partial charge in [0.1, 0.15) is 5.82 Å². The lowest BCUT2D eigenvalue weighted by atomic mass is 10.0. The second-order valence-corrected chi connectivity index (χ2v) is 12.0. The summed E-state index contributed by atoms with van der Waals surface area (Å²) in [5.74, 6) is 0.0837. The van der Waals surface area contributed by atoms with E-state index in [-0.39, 0.29) is 29.8 Å². The van der Waals surface area contributed by atoms with Crippen molar-refractivity contribution >= 4 is 23.3 Å². The molecule has 1 aliphatic carbocycles. The average molecular weight is 594 g/mol. The number of carbonyl (C=O) groups is 2. The fourth-order valence-corrected chi connectivity index (χ4v) is 6.12. The number of benzene rings is 2. The van der Waals surface area contributed by atoms with Crippen molar-refractivity contribution in [2.45, 2.75) is 44.4 Å². The fraction of sp³-hybridized carbons (Fsp3) is 0.353. The van der Waals surface area contributed by atoms with Gasteiger partial charge < -0.3 is 25.6 Å². The highest BCUT2D eigenvalue weighted by Gasteiger charge is 2.30. The lowest BCUT2D eigenvalue weighted by Gasteiger charge is -2.22. The van der Waals surface area contributed by atoms with Gasteiger partial charge in [-0.2, -0.15) is 5.10 Å². The zero-order chi connectivity index (χ0) is 30.8. The Bertz CT molecular complexity index is 1660. The number of hydrogen-bond donors (Lipinski definition) is 2. The van der Waals surface area contributed by atoms with E-state index in [1.165, 1.54) is 5.56 Å². The number of ether oxygens (including phenoxy) is 1. The quantitative estimate of drug-likeness (QED) is 0.301. The molecule has 1 fully saturated rings. The summed E-state index contributed by atoms with van der Waals surface area (Å²) in [6, 6.07) is 16.4. The number of aromatic nitrogens is 3. The standard InChI is InChI=1S/C34H39N7O3/c1-39(2)20-32(42)41-14-13-25-15-24(11-12-30(25)41)23-9-7-22(8-10-23)21-44-31-6-4-5-29(31)38-34(43)28-16-26(17-36-33(28)35)27-18-37-40(3)19-27/h7-12,15-19,29,31H,4-6,13-14,20-21H2,1-3H3,(H2,35,36)(H,38,43)/t29-,31-/m0/s1. The van der Waals surface area contributed by atoms with Crippen molar-refractivity contribution in [3.8, 4) is 22.3 Å². The van der Waals surface area contributed by atoms with Crippen LogP contribution in [0.4, 0.5) is 11.5 Å². The van der Waals surface area contributed by atoms with Crippen LogP contribution in [-0.2, 0) is 29.6 Å². The molecule has 0 saturated heterocycles. The van der Waals surface area contributed by atoms with Gasteiger partial charge in [0.25, 0.3) is 5.91 Å². The predicted molar refractivity (Wildman–Crippen MR) is 171 cm³/mol. The molecule has 3 N–H and O–H groups in total. The van der Waals surface area contributed by atoms with Crippen molar-refractivity contribution in [3.05, 3.63) is 83.8 Å². The zero-order valence-electron chi connectivity index (χ0n) is 25.5. The maximum Gasteiger partial charge on any atom is 0.255 e. The summed E-state index contributed by atoms with van der Waals surface area (Å²) < 4.78 is 8.02. The van der Waals surface area contributed by atoms with Crippen LogP contribution in [-0.4, -0.2) is 70.8 Å². The molecule has 2 aromatic heterocycles. The Morgan fingerprint density at radius 3 is 2.57 bits per heavy atom. The Kier molecular flexibility index (Phi) is 8.45. The number of rotatable bonds is 9. The van der Waals surface area contributed by atoms with E-state index >= 15 is 0 Å². The summed E-state index contributed by atoms with van der Waals surface area (Å²) in [5, 5.41) is 7.35. The normalized spacial score (nSPS) is 17.7. The molecule has 6 rings (SSSR count). The number of nitrogen functional groups attached to an aromatic ring is 1. The van der Waals surface area contributed by atoms with Crippen molar-refractivity contribution in [1.29, 1.82) is 0 Å². The number of carbonyl (C=O) groups excluding carboxylic acids is 2. The molecule has 4 aromatic rings. The summed E-state index contributed by atoms with van der Waals surface area (Å²) in [7, 11) is 5.67. The van der Waals surface area contributed by atoms with Crippen molar-refractivity contribution < 1.29 is 14.3 Å². The van der Waals surface area contributed by atoms with E-state index in [0.29, 0.717) is 18.7 Å². The SMILES string of the molecule is CN(C)CC(=O)N1CCc2cc(-c3ccc(CO[C@H]4CCC[C@@H]4NC(=O)c4cc(-c5cnn(C)c5)cnc4N)cc3)ccc21. The van der Waals surface area contributed by atoms with E-state index in [4.69, 9.17) is 10.5 Å². The topological polar surface area (TPSA) is 119 Å². The van der Waals surface area contributed by atoms with Crippen molar-refractivity contribution in [3.63, 3.8) is 0 Å². The molecule has 1 aliphatic heterocycles. The van der Waals surface area contributed by atoms with Crippen LogP contribution in [0.2, 0.25) is 0 Å². The number of nitrogens with two attached hydrogens (primary N) is 1. The first-order valence-electron chi connectivity index (χ1n) is 15.1. The molecule has 0 unspecified atom stereocenters. The van der Waals surface area contributed by atoms with E-state index in [2.05, 4.69) is 57.9 Å². The number of aryl methyl sites for hydroxylation is 1. The molecule has 44 heavy (non-hydrogen) atoms. The fourth-order valence-electron chi connectivity index (χ4n) is 6.12. The number of fused-ring (bicyclic) bond motifs is 1. The summed E-state index contributed by atoms with van der Waals surface area (Å²) in [6.07, 6.45) is 8.77. The highest BCUT2D eigenvalue weighted by Crippen LogP contribution is 2.33. The Morgan fingerprint density at radius 2 is 1.82 bits per heavy atom. The van der Waals surface area contributed by atoms with Crippen LogP contribution in [0.3, 0.4) is 0 Å². The summed E-state index contributed by atoms with van der Waals surface area (Å²) >= 11 is 0. The average Bonchev–Trinajstić information content (AvgIpc) is 3.76. The van der Waals surface area contributed by atoms with Gasteiger partial charge in [0, 0.05) is 42.8 Å². The Labute approximate surface area is 257 Å². The van der Waals surface area contributed by atoms with Gasteiger partial charge in [0.2, 0.25) is 5.91 Å². The summed E-state index contributed by atoms with van der Waals surface area (Å²) in [4.78, 5) is 33.9. The van der Waals surface area contributed by atoms with Gasteiger partial charge in [-0.15, -0.1) is 0 Å². The molecule has 0 spiro atoms. The van der Waals surface area contributed by atoms with Crippen molar-refractivity contribution in [2.75, 3.05) is 37.8 Å². The number of nitrogens with zero attached hydrogens (tertiary/aromatic N) is 5. The molecule has 3 heterocycles. The van der Waals surface area contributed by atoms with Crippen LogP contribution in [0, 0.1) is 0 Å². The number of anilines is 2. The van der Waals surface area contributed by atoms with Crippen LogP contribution >= 0.6 is 0 Å². The number of nitrogens with one attached hydrogen (secondary N) is 1. The zero-order valence-corrected chi connectivity index (χ0v) is 25.5.